The van der Waals surface area contributed by atoms with Gasteiger partial charge in [-0.1, -0.05) is 18.2 Å². The van der Waals surface area contributed by atoms with Gasteiger partial charge in [0.05, 0.1) is 5.69 Å². The van der Waals surface area contributed by atoms with Gasteiger partial charge in [0.15, 0.2) is 0 Å². The minimum atomic E-state index is 0.0608. The SMILES string of the molecule is CCN(CC)c1ccc(C(c2ccc(N(C)C)cc2)n2nc(C)cc2C)c(C)c1. The van der Waals surface area contributed by atoms with E-state index in [2.05, 4.69) is 112 Å². The molecule has 1 heterocycles. The normalized spacial score (nSPS) is 12.1. The van der Waals surface area contributed by atoms with Crippen molar-refractivity contribution in [3.05, 3.63) is 76.6 Å². The third-order valence-electron chi connectivity index (χ3n) is 5.69. The summed E-state index contributed by atoms with van der Waals surface area (Å²) in [5, 5.41) is 4.85. The Morgan fingerprint density at radius 1 is 0.862 bits per heavy atom. The molecular weight excluding hydrogens is 356 g/mol. The summed E-state index contributed by atoms with van der Waals surface area (Å²) < 4.78 is 2.17. The molecule has 0 spiro atoms. The van der Waals surface area contributed by atoms with Gasteiger partial charge in [-0.05, 0) is 81.6 Å². The summed E-state index contributed by atoms with van der Waals surface area (Å²) in [7, 11) is 4.15. The predicted molar refractivity (Wildman–Crippen MR) is 124 cm³/mol. The van der Waals surface area contributed by atoms with Crippen LogP contribution in [0.2, 0.25) is 0 Å². The van der Waals surface area contributed by atoms with Crippen LogP contribution in [0.3, 0.4) is 0 Å². The van der Waals surface area contributed by atoms with E-state index >= 15 is 0 Å². The number of rotatable bonds is 7. The fraction of sp³-hybridized carbons (Fsp3) is 0.400. The van der Waals surface area contributed by atoms with E-state index in [4.69, 9.17) is 5.10 Å². The van der Waals surface area contributed by atoms with E-state index in [1.54, 1.807) is 0 Å². The van der Waals surface area contributed by atoms with Gasteiger partial charge in [0, 0.05) is 44.3 Å². The maximum absolute atomic E-state index is 4.85. The third kappa shape index (κ3) is 4.31. The van der Waals surface area contributed by atoms with Crippen molar-refractivity contribution < 1.29 is 0 Å². The van der Waals surface area contributed by atoms with E-state index in [-0.39, 0.29) is 6.04 Å². The monoisotopic (exact) mass is 390 g/mol. The van der Waals surface area contributed by atoms with Gasteiger partial charge in [-0.15, -0.1) is 0 Å². The number of hydrogen-bond acceptors (Lipinski definition) is 3. The Kier molecular flexibility index (Phi) is 6.31. The predicted octanol–water partition coefficient (Wildman–Crippen LogP) is 5.36. The lowest BCUT2D eigenvalue weighted by Crippen LogP contribution is -2.22. The molecule has 1 unspecified atom stereocenters. The van der Waals surface area contributed by atoms with Crippen LogP contribution in [-0.2, 0) is 0 Å². The topological polar surface area (TPSA) is 24.3 Å². The van der Waals surface area contributed by atoms with Gasteiger partial charge in [0.25, 0.3) is 0 Å². The standard InChI is InChI=1S/C25H34N4/c1-8-28(9-2)23-14-15-24(18(3)16-23)25(29-20(5)17-19(4)26-29)21-10-12-22(13-11-21)27(6)7/h10-17,25H,8-9H2,1-7H3. The van der Waals surface area contributed by atoms with Crippen LogP contribution in [0.15, 0.2) is 48.5 Å². The Bertz CT molecular complexity index is 949. The highest BCUT2D eigenvalue weighted by atomic mass is 15.3. The number of anilines is 2. The first-order valence-corrected chi connectivity index (χ1v) is 10.5. The molecule has 154 valence electrons. The Morgan fingerprint density at radius 2 is 1.48 bits per heavy atom. The van der Waals surface area contributed by atoms with E-state index in [9.17, 15) is 0 Å². The number of aryl methyl sites for hydroxylation is 3. The van der Waals surface area contributed by atoms with Crippen molar-refractivity contribution in [3.63, 3.8) is 0 Å². The molecule has 0 amide bonds. The van der Waals surface area contributed by atoms with Gasteiger partial charge in [-0.2, -0.15) is 5.10 Å². The highest BCUT2D eigenvalue weighted by molar-refractivity contribution is 5.54. The van der Waals surface area contributed by atoms with Gasteiger partial charge in [0.2, 0.25) is 0 Å². The smallest absolute Gasteiger partial charge is 0.102 e. The van der Waals surface area contributed by atoms with Crippen LogP contribution in [0.5, 0.6) is 0 Å². The van der Waals surface area contributed by atoms with E-state index in [0.29, 0.717) is 0 Å². The van der Waals surface area contributed by atoms with Crippen molar-refractivity contribution in [1.29, 1.82) is 0 Å². The number of aromatic nitrogens is 2. The Morgan fingerprint density at radius 3 is 1.97 bits per heavy atom. The third-order valence-corrected chi connectivity index (χ3v) is 5.69. The van der Waals surface area contributed by atoms with E-state index in [1.807, 2.05) is 0 Å². The average molecular weight is 391 g/mol. The van der Waals surface area contributed by atoms with E-state index in [0.717, 1.165) is 18.8 Å². The van der Waals surface area contributed by atoms with Crippen molar-refractivity contribution in [3.8, 4) is 0 Å². The first kappa shape index (κ1) is 21.0. The minimum Gasteiger partial charge on any atom is -0.378 e. The summed E-state index contributed by atoms with van der Waals surface area (Å²) in [4.78, 5) is 4.52. The second kappa shape index (κ2) is 8.73. The molecule has 1 atom stereocenters. The van der Waals surface area contributed by atoms with E-state index in [1.165, 1.54) is 33.8 Å². The van der Waals surface area contributed by atoms with Crippen LogP contribution in [0.25, 0.3) is 0 Å². The number of nitrogens with zero attached hydrogens (tertiary/aromatic N) is 4. The molecule has 0 bridgehead atoms. The summed E-state index contributed by atoms with van der Waals surface area (Å²) in [6.07, 6.45) is 0. The van der Waals surface area contributed by atoms with Crippen LogP contribution in [0.4, 0.5) is 11.4 Å². The molecule has 3 rings (SSSR count). The van der Waals surface area contributed by atoms with Crippen LogP contribution >= 0.6 is 0 Å². The molecular formula is C25H34N4. The fourth-order valence-corrected chi connectivity index (χ4v) is 4.07. The van der Waals surface area contributed by atoms with E-state index < -0.39 is 0 Å². The van der Waals surface area contributed by atoms with Crippen molar-refractivity contribution in [1.82, 2.24) is 9.78 Å². The molecule has 0 aliphatic rings. The molecule has 0 radical (unpaired) electrons. The van der Waals surface area contributed by atoms with Gasteiger partial charge in [0.1, 0.15) is 6.04 Å². The van der Waals surface area contributed by atoms with Crippen molar-refractivity contribution in [2.45, 2.75) is 40.7 Å². The number of benzene rings is 2. The van der Waals surface area contributed by atoms with Crippen LogP contribution in [-0.4, -0.2) is 37.0 Å². The molecule has 0 aliphatic heterocycles. The maximum Gasteiger partial charge on any atom is 0.102 e. The van der Waals surface area contributed by atoms with Crippen molar-refractivity contribution >= 4 is 11.4 Å². The summed E-state index contributed by atoms with van der Waals surface area (Å²) in [5.41, 5.74) is 8.56. The Hall–Kier alpha value is -2.75. The zero-order valence-electron chi connectivity index (χ0n) is 18.9. The number of hydrogen-bond donors (Lipinski definition) is 0. The Labute approximate surface area is 175 Å². The first-order valence-electron chi connectivity index (χ1n) is 10.5. The van der Waals surface area contributed by atoms with Gasteiger partial charge >= 0.3 is 0 Å². The summed E-state index contributed by atoms with van der Waals surface area (Å²) in [6.45, 7) is 12.9. The summed E-state index contributed by atoms with van der Waals surface area (Å²) >= 11 is 0. The van der Waals surface area contributed by atoms with Gasteiger partial charge < -0.3 is 9.80 Å². The maximum atomic E-state index is 4.85. The molecule has 0 N–H and O–H groups in total. The molecule has 0 saturated carbocycles. The van der Waals surface area contributed by atoms with Crippen LogP contribution < -0.4 is 9.80 Å². The molecule has 29 heavy (non-hydrogen) atoms. The molecule has 0 saturated heterocycles. The molecule has 4 nitrogen and oxygen atoms in total. The molecule has 0 fully saturated rings. The molecule has 0 aliphatic carbocycles. The van der Waals surface area contributed by atoms with Crippen LogP contribution in [0, 0.1) is 20.8 Å². The lowest BCUT2D eigenvalue weighted by Gasteiger charge is -2.26. The van der Waals surface area contributed by atoms with Crippen molar-refractivity contribution in [2.75, 3.05) is 37.0 Å². The minimum absolute atomic E-state index is 0.0608. The summed E-state index contributed by atoms with van der Waals surface area (Å²) in [6, 6.07) is 17.9. The lowest BCUT2D eigenvalue weighted by atomic mass is 9.94. The Balaban J connectivity index is 2.12. The zero-order valence-corrected chi connectivity index (χ0v) is 18.9. The average Bonchev–Trinajstić information content (AvgIpc) is 3.03. The molecule has 4 heteroatoms. The molecule has 3 aromatic rings. The second-order valence-corrected chi connectivity index (χ2v) is 7.97. The zero-order chi connectivity index (χ0) is 21.1. The fourth-order valence-electron chi connectivity index (χ4n) is 4.07. The largest absolute Gasteiger partial charge is 0.378 e. The van der Waals surface area contributed by atoms with Gasteiger partial charge in [-0.3, -0.25) is 4.68 Å². The lowest BCUT2D eigenvalue weighted by molar-refractivity contribution is 0.573. The second-order valence-electron chi connectivity index (χ2n) is 7.97. The molecule has 1 aromatic heterocycles. The summed E-state index contributed by atoms with van der Waals surface area (Å²) in [5.74, 6) is 0. The van der Waals surface area contributed by atoms with Gasteiger partial charge in [-0.25, -0.2) is 0 Å². The molecule has 2 aromatic carbocycles. The highest BCUT2D eigenvalue weighted by Gasteiger charge is 2.22. The first-order chi connectivity index (χ1) is 13.8. The highest BCUT2D eigenvalue weighted by Crippen LogP contribution is 2.33. The quantitative estimate of drug-likeness (QED) is 0.543. The van der Waals surface area contributed by atoms with Crippen molar-refractivity contribution in [2.24, 2.45) is 0 Å². The van der Waals surface area contributed by atoms with Crippen LogP contribution in [0.1, 0.15) is 48.0 Å².